The second kappa shape index (κ2) is 7.56. The molecule has 0 aliphatic heterocycles. The van der Waals surface area contributed by atoms with Crippen molar-refractivity contribution in [1.82, 2.24) is 0 Å². The van der Waals surface area contributed by atoms with Gasteiger partial charge < -0.3 is 10.1 Å². The third-order valence-corrected chi connectivity index (χ3v) is 4.27. The zero-order valence-electron chi connectivity index (χ0n) is 15.5. The number of benzene rings is 2. The van der Waals surface area contributed by atoms with Crippen LogP contribution in [0.3, 0.4) is 0 Å². The lowest BCUT2D eigenvalue weighted by molar-refractivity contribution is -0.120. The second-order valence-corrected chi connectivity index (χ2v) is 7.22. The number of carbonyl (C=O) groups excluding carboxylic acids is 1. The first-order valence-electron chi connectivity index (χ1n) is 8.73. The molecule has 0 atom stereocenters. The van der Waals surface area contributed by atoms with E-state index in [4.69, 9.17) is 4.74 Å². The maximum Gasteiger partial charge on any atom is 0.139 e. The molecule has 134 valence electrons. The number of hydrogen-bond acceptors (Lipinski definition) is 4. The fourth-order valence-electron chi connectivity index (χ4n) is 3.14. The van der Waals surface area contributed by atoms with E-state index in [1.165, 1.54) is 0 Å². The van der Waals surface area contributed by atoms with Crippen LogP contribution in [0.15, 0.2) is 65.3 Å². The highest BCUT2D eigenvalue weighted by Gasteiger charge is 2.26. The van der Waals surface area contributed by atoms with Gasteiger partial charge in [-0.15, -0.1) is 0 Å². The second-order valence-electron chi connectivity index (χ2n) is 7.22. The van der Waals surface area contributed by atoms with Crippen molar-refractivity contribution in [3.63, 3.8) is 0 Å². The van der Waals surface area contributed by atoms with E-state index in [9.17, 15) is 4.79 Å². The Morgan fingerprint density at radius 1 is 1.12 bits per heavy atom. The Kier molecular flexibility index (Phi) is 5.21. The van der Waals surface area contributed by atoms with Crippen LogP contribution in [-0.2, 0) is 4.79 Å². The third kappa shape index (κ3) is 4.60. The van der Waals surface area contributed by atoms with E-state index in [1.807, 2.05) is 54.7 Å². The average molecular weight is 348 g/mol. The summed E-state index contributed by atoms with van der Waals surface area (Å²) in [4.78, 5) is 16.6. The zero-order valence-corrected chi connectivity index (χ0v) is 15.5. The number of anilines is 1. The molecule has 1 N–H and O–H groups in total. The van der Waals surface area contributed by atoms with Crippen molar-refractivity contribution in [2.24, 2.45) is 10.4 Å². The van der Waals surface area contributed by atoms with E-state index in [1.54, 1.807) is 7.11 Å². The van der Waals surface area contributed by atoms with Crippen molar-refractivity contribution in [2.45, 2.75) is 26.7 Å². The van der Waals surface area contributed by atoms with Crippen molar-refractivity contribution in [3.8, 4) is 5.75 Å². The highest BCUT2D eigenvalue weighted by atomic mass is 16.5. The number of carbonyl (C=O) groups is 1. The van der Waals surface area contributed by atoms with Crippen LogP contribution in [0.25, 0.3) is 0 Å². The molecule has 4 heteroatoms. The van der Waals surface area contributed by atoms with Gasteiger partial charge in [-0.3, -0.25) is 9.79 Å². The molecule has 1 aliphatic rings. The monoisotopic (exact) mass is 348 g/mol. The highest BCUT2D eigenvalue weighted by molar-refractivity contribution is 5.86. The van der Waals surface area contributed by atoms with E-state index in [0.717, 1.165) is 28.4 Å². The first-order chi connectivity index (χ1) is 12.4. The van der Waals surface area contributed by atoms with Crippen molar-refractivity contribution < 1.29 is 9.53 Å². The summed E-state index contributed by atoms with van der Waals surface area (Å²) in [6, 6.07) is 15.6. The number of hydrogen-bond donors (Lipinski definition) is 1. The molecule has 1 aliphatic carbocycles. The number of aliphatic imine (C=N–C) groups is 1. The fourth-order valence-corrected chi connectivity index (χ4v) is 3.14. The number of methoxy groups -OCH3 is 1. The molecule has 0 bridgehead atoms. The highest BCUT2D eigenvalue weighted by Crippen LogP contribution is 2.33. The molecule has 2 aromatic rings. The molecule has 0 fully saturated rings. The molecule has 0 spiro atoms. The maximum absolute atomic E-state index is 12.0. The number of ketones is 1. The Labute approximate surface area is 154 Å². The minimum absolute atomic E-state index is 0.112. The molecule has 3 rings (SSSR count). The Hall–Kier alpha value is -2.88. The largest absolute Gasteiger partial charge is 0.497 e. The van der Waals surface area contributed by atoms with Crippen LogP contribution in [0, 0.1) is 5.41 Å². The Bertz CT molecular complexity index is 849. The van der Waals surface area contributed by atoms with Crippen molar-refractivity contribution >= 4 is 23.4 Å². The topological polar surface area (TPSA) is 50.7 Å². The van der Waals surface area contributed by atoms with E-state index < -0.39 is 0 Å². The molecule has 0 saturated heterocycles. The Morgan fingerprint density at radius 3 is 2.54 bits per heavy atom. The van der Waals surface area contributed by atoms with Gasteiger partial charge >= 0.3 is 0 Å². The number of ether oxygens (including phenoxy) is 1. The number of nitrogens with zero attached hydrogens (tertiary/aromatic N) is 1. The summed E-state index contributed by atoms with van der Waals surface area (Å²) in [6.45, 7) is 4.17. The molecule has 0 aromatic heterocycles. The lowest BCUT2D eigenvalue weighted by Crippen LogP contribution is -2.23. The molecular formula is C22H24N2O2. The van der Waals surface area contributed by atoms with Gasteiger partial charge in [0.1, 0.15) is 11.5 Å². The summed E-state index contributed by atoms with van der Waals surface area (Å²) >= 11 is 0. The van der Waals surface area contributed by atoms with Crippen LogP contribution in [-0.4, -0.2) is 19.1 Å². The first kappa shape index (κ1) is 17.9. The van der Waals surface area contributed by atoms with Crippen LogP contribution in [0.1, 0.15) is 32.3 Å². The van der Waals surface area contributed by atoms with Gasteiger partial charge in [0.2, 0.25) is 0 Å². The number of Topliss-reactive ketones (excluding diaryl/α,β-unsaturated/α-hetero) is 1. The molecule has 4 nitrogen and oxygen atoms in total. The van der Waals surface area contributed by atoms with Crippen LogP contribution < -0.4 is 10.1 Å². The molecule has 26 heavy (non-hydrogen) atoms. The van der Waals surface area contributed by atoms with Gasteiger partial charge in [0.25, 0.3) is 0 Å². The minimum Gasteiger partial charge on any atom is -0.497 e. The van der Waals surface area contributed by atoms with Gasteiger partial charge in [-0.1, -0.05) is 32.1 Å². The van der Waals surface area contributed by atoms with Crippen molar-refractivity contribution in [1.29, 1.82) is 0 Å². The minimum atomic E-state index is -0.112. The third-order valence-electron chi connectivity index (χ3n) is 4.27. The number of nitrogens with one attached hydrogen (secondary N) is 1. The average Bonchev–Trinajstić information content (AvgIpc) is 2.59. The predicted octanol–water partition coefficient (Wildman–Crippen LogP) is 5.13. The summed E-state index contributed by atoms with van der Waals surface area (Å²) in [7, 11) is 1.65. The van der Waals surface area contributed by atoms with Crippen LogP contribution in [0.5, 0.6) is 5.75 Å². The van der Waals surface area contributed by atoms with Crippen molar-refractivity contribution in [2.75, 3.05) is 12.4 Å². The fraction of sp³-hybridized carbons (Fsp3) is 0.273. The van der Waals surface area contributed by atoms with Crippen LogP contribution >= 0.6 is 0 Å². The van der Waals surface area contributed by atoms with Gasteiger partial charge in [-0.2, -0.15) is 0 Å². The molecule has 0 heterocycles. The Balaban J connectivity index is 1.81. The number of allylic oxidation sites excluding steroid dienone is 2. The predicted molar refractivity (Wildman–Crippen MR) is 106 cm³/mol. The molecule has 0 radical (unpaired) electrons. The summed E-state index contributed by atoms with van der Waals surface area (Å²) in [5.41, 5.74) is 3.56. The van der Waals surface area contributed by atoms with E-state index in [-0.39, 0.29) is 11.2 Å². The summed E-state index contributed by atoms with van der Waals surface area (Å²) in [5, 5.41) is 3.40. The van der Waals surface area contributed by atoms with Crippen molar-refractivity contribution in [3.05, 3.63) is 65.9 Å². The van der Waals surface area contributed by atoms with Gasteiger partial charge in [0.15, 0.2) is 0 Å². The smallest absolute Gasteiger partial charge is 0.139 e. The first-order valence-corrected chi connectivity index (χ1v) is 8.73. The standard InChI is InChI=1S/C22H24N2O2/c1-22(2)13-17(12-18(25)14-22)24-21-7-5-4-6-20(21)23-15-16-8-10-19(26-3)11-9-16/h4-11,13,15,24H,12,14H2,1-3H3. The van der Waals surface area contributed by atoms with E-state index in [2.05, 4.69) is 30.2 Å². The summed E-state index contributed by atoms with van der Waals surface area (Å²) in [5.74, 6) is 1.08. The maximum atomic E-state index is 12.0. The van der Waals surface area contributed by atoms with E-state index >= 15 is 0 Å². The van der Waals surface area contributed by atoms with E-state index in [0.29, 0.717) is 12.8 Å². The lowest BCUT2D eigenvalue weighted by atomic mass is 9.81. The summed E-state index contributed by atoms with van der Waals surface area (Å²) in [6.07, 6.45) is 5.01. The van der Waals surface area contributed by atoms with Gasteiger partial charge in [-0.25, -0.2) is 0 Å². The molecule has 0 saturated carbocycles. The van der Waals surface area contributed by atoms with Gasteiger partial charge in [-0.05, 0) is 47.4 Å². The Morgan fingerprint density at radius 2 is 1.85 bits per heavy atom. The number of para-hydroxylation sites is 2. The zero-order chi connectivity index (χ0) is 18.6. The molecule has 0 unspecified atom stereocenters. The molecule has 2 aromatic carbocycles. The van der Waals surface area contributed by atoms with Gasteiger partial charge in [0.05, 0.1) is 18.5 Å². The number of rotatable bonds is 5. The van der Waals surface area contributed by atoms with Crippen LogP contribution in [0.2, 0.25) is 0 Å². The van der Waals surface area contributed by atoms with Gasteiger partial charge in [0, 0.05) is 24.8 Å². The quantitative estimate of drug-likeness (QED) is 0.762. The summed E-state index contributed by atoms with van der Waals surface area (Å²) < 4.78 is 5.17. The van der Waals surface area contributed by atoms with Crippen LogP contribution in [0.4, 0.5) is 11.4 Å². The SMILES string of the molecule is COc1ccc(C=Nc2ccccc2NC2=CC(C)(C)CC(=O)C2)cc1. The molecular weight excluding hydrogens is 324 g/mol. The lowest BCUT2D eigenvalue weighted by Gasteiger charge is -2.27. The molecule has 0 amide bonds. The normalized spacial score (nSPS) is 16.4.